The number of Topliss-reactive ketones (excluding diaryl/α,β-unsaturated/α-hetero) is 2. The molecule has 0 aromatic heterocycles. The molecule has 0 radical (unpaired) electrons. The minimum absolute atomic E-state index is 0. The number of alkyl halides is 2. The van der Waals surface area contributed by atoms with Crippen LogP contribution in [0.5, 0.6) is 0 Å². The fourth-order valence-electron chi connectivity index (χ4n) is 11.1. The van der Waals surface area contributed by atoms with E-state index in [4.69, 9.17) is 0 Å². The molecule has 5 aliphatic heterocycles. The summed E-state index contributed by atoms with van der Waals surface area (Å²) in [6.45, 7) is 17.3. The lowest BCUT2D eigenvalue weighted by Gasteiger charge is -2.47. The number of carbonyl (C=O) groups is 3. The second-order valence-corrected chi connectivity index (χ2v) is 18.0. The van der Waals surface area contributed by atoms with Crippen LogP contribution in [0.3, 0.4) is 0 Å². The van der Waals surface area contributed by atoms with Gasteiger partial charge in [-0.1, -0.05) is 25.3 Å². The van der Waals surface area contributed by atoms with Gasteiger partial charge in [-0.3, -0.25) is 19.4 Å². The molecule has 0 saturated carbocycles. The van der Waals surface area contributed by atoms with E-state index in [0.717, 1.165) is 74.2 Å². The summed E-state index contributed by atoms with van der Waals surface area (Å²) in [7, 11) is 0. The van der Waals surface area contributed by atoms with Gasteiger partial charge in [0.05, 0.1) is 18.6 Å². The molecule has 2 saturated heterocycles. The number of ketones is 2. The lowest BCUT2D eigenvalue weighted by atomic mass is 9.81. The first kappa shape index (κ1) is 43.6. The van der Waals surface area contributed by atoms with Crippen LogP contribution >= 0.6 is 0 Å². The molecule has 2 fully saturated rings. The van der Waals surface area contributed by atoms with Crippen LogP contribution in [0.2, 0.25) is 0 Å². The van der Waals surface area contributed by atoms with E-state index in [9.17, 15) is 23.2 Å². The summed E-state index contributed by atoms with van der Waals surface area (Å²) in [6, 6.07) is 8.58. The van der Waals surface area contributed by atoms with E-state index in [1.807, 2.05) is 17.9 Å². The smallest absolute Gasteiger partial charge is 0.255 e. The van der Waals surface area contributed by atoms with Crippen LogP contribution in [-0.4, -0.2) is 103 Å². The predicted molar refractivity (Wildman–Crippen MR) is 240 cm³/mol. The molecule has 8 rings (SSSR count). The zero-order chi connectivity index (χ0) is 44.0. The van der Waals surface area contributed by atoms with Gasteiger partial charge in [0.2, 0.25) is 0 Å². The van der Waals surface area contributed by atoms with Crippen LogP contribution in [0.4, 0.5) is 34.6 Å². The predicted octanol–water partition coefficient (Wildman–Crippen LogP) is 8.89. The molecule has 3 aromatic carbocycles. The Kier molecular flexibility index (Phi) is 12.7. The van der Waals surface area contributed by atoms with Gasteiger partial charge in [-0.2, -0.15) is 0 Å². The second-order valence-electron chi connectivity index (χ2n) is 18.0. The Morgan fingerprint density at radius 3 is 2.37 bits per heavy atom. The average molecular weight is 859 g/mol. The summed E-state index contributed by atoms with van der Waals surface area (Å²) in [5, 5.41) is 3.09. The first-order chi connectivity index (χ1) is 29.8. The van der Waals surface area contributed by atoms with Crippen molar-refractivity contribution in [2.45, 2.75) is 103 Å². The Bertz CT molecular complexity index is 2250. The SMILES string of the molecule is C=CNc1ccc2c(c1C=C)C[C@@H](C)N(CC(F)F)[C@@H]2c1c(F)cc(N2CCC(CN3CCN4c5ccc6c(c5CCC4C3)CN(C(CCC(C)=O)C(C)=O)C6=O)CC2)cc1F.[HH].[HH]. The van der Waals surface area contributed by atoms with Gasteiger partial charge in [0.25, 0.3) is 12.3 Å². The molecule has 9 nitrogen and oxygen atoms in total. The van der Waals surface area contributed by atoms with Gasteiger partial charge in [0, 0.05) is 101 Å². The molecule has 1 amide bonds. The van der Waals surface area contributed by atoms with Gasteiger partial charge in [-0.05, 0) is 124 Å². The third-order valence-electron chi connectivity index (χ3n) is 14.2. The highest BCUT2D eigenvalue weighted by Crippen LogP contribution is 2.45. The van der Waals surface area contributed by atoms with Crippen molar-refractivity contribution in [1.29, 1.82) is 0 Å². The summed E-state index contributed by atoms with van der Waals surface area (Å²) in [4.78, 5) is 48.1. The highest BCUT2D eigenvalue weighted by molar-refractivity contribution is 6.02. The molecule has 0 spiro atoms. The molecular formula is C49H62F4N6O3. The minimum Gasteiger partial charge on any atom is -0.371 e. The summed E-state index contributed by atoms with van der Waals surface area (Å²) in [5.41, 5.74) is 7.23. The molecule has 0 aliphatic carbocycles. The van der Waals surface area contributed by atoms with Crippen molar-refractivity contribution < 1.29 is 34.8 Å². The Hall–Kier alpha value is -5.01. The zero-order valence-electron chi connectivity index (χ0n) is 36.1. The van der Waals surface area contributed by atoms with E-state index in [2.05, 4.69) is 34.3 Å². The first-order valence-electron chi connectivity index (χ1n) is 22.2. The maximum atomic E-state index is 16.4. The van der Waals surface area contributed by atoms with Crippen LogP contribution in [0.15, 0.2) is 55.8 Å². The zero-order valence-corrected chi connectivity index (χ0v) is 36.1. The normalized spacial score (nSPS) is 22.2. The largest absolute Gasteiger partial charge is 0.371 e. The molecule has 3 aromatic rings. The molecule has 5 aliphatic rings. The topological polar surface area (TPSA) is 79.4 Å². The molecule has 5 heterocycles. The van der Waals surface area contributed by atoms with Crippen LogP contribution in [0.25, 0.3) is 6.08 Å². The van der Waals surface area contributed by atoms with Gasteiger partial charge in [0.15, 0.2) is 5.78 Å². The van der Waals surface area contributed by atoms with Crippen molar-refractivity contribution in [2.75, 3.05) is 60.9 Å². The van der Waals surface area contributed by atoms with Crippen molar-refractivity contribution >= 4 is 40.6 Å². The molecule has 62 heavy (non-hydrogen) atoms. The van der Waals surface area contributed by atoms with Crippen molar-refractivity contribution in [3.8, 4) is 0 Å². The summed E-state index contributed by atoms with van der Waals surface area (Å²) in [5.74, 6) is -1.28. The van der Waals surface area contributed by atoms with Crippen molar-refractivity contribution in [1.82, 2.24) is 14.7 Å². The van der Waals surface area contributed by atoms with Gasteiger partial charge in [-0.25, -0.2) is 17.6 Å². The lowest BCUT2D eigenvalue weighted by molar-refractivity contribution is -0.122. The van der Waals surface area contributed by atoms with Crippen LogP contribution in [0, 0.1) is 17.6 Å². The number of rotatable bonds is 14. The van der Waals surface area contributed by atoms with Crippen LogP contribution in [-0.2, 0) is 29.0 Å². The number of anilines is 3. The standard InChI is InChI=1S/C49H58F4N6O3.2H2/c1-6-35-39-22-29(3)58(28-46(52)53)48(37(39)11-13-43(35)54-7-2)47-41(50)23-34(24-42(47)51)56-18-16-32(17-19-56)25-55-20-21-57-33(26-55)9-10-36-40-27-59(44(31(5)61)14-8-30(4)60)49(62)38(40)12-15-45(36)57;;/h6-7,11-13,15,23-24,29,32-33,44,46,48,54H,1-2,8-10,14,16-22,25-28H2,3-5H3;2*1H/t29-,33?,44?,48+;;/m1../s1. The number of halogens is 4. The molecule has 2 unspecified atom stereocenters. The van der Waals surface area contributed by atoms with Gasteiger partial charge >= 0.3 is 0 Å². The van der Waals surface area contributed by atoms with Gasteiger partial charge in [-0.15, -0.1) is 0 Å². The average Bonchev–Trinajstić information content (AvgIpc) is 3.57. The van der Waals surface area contributed by atoms with E-state index < -0.39 is 42.7 Å². The number of nitrogens with one attached hydrogen (secondary N) is 1. The van der Waals surface area contributed by atoms with Crippen LogP contribution < -0.4 is 15.1 Å². The Balaban J connectivity index is 0.00000340. The second kappa shape index (κ2) is 18.0. The number of carbonyl (C=O) groups excluding carboxylic acids is 3. The maximum absolute atomic E-state index is 16.4. The molecular weight excluding hydrogens is 797 g/mol. The van der Waals surface area contributed by atoms with E-state index in [1.165, 1.54) is 42.1 Å². The summed E-state index contributed by atoms with van der Waals surface area (Å²) < 4.78 is 60.9. The highest BCUT2D eigenvalue weighted by atomic mass is 19.3. The number of piperazine rings is 1. The number of amides is 1. The number of hydrogen-bond acceptors (Lipinski definition) is 8. The van der Waals surface area contributed by atoms with E-state index in [0.29, 0.717) is 61.2 Å². The highest BCUT2D eigenvalue weighted by Gasteiger charge is 2.42. The summed E-state index contributed by atoms with van der Waals surface area (Å²) in [6.07, 6.45) is 5.16. The maximum Gasteiger partial charge on any atom is 0.255 e. The monoisotopic (exact) mass is 858 g/mol. The number of benzene rings is 3. The Labute approximate surface area is 365 Å². The fourth-order valence-corrected chi connectivity index (χ4v) is 11.1. The van der Waals surface area contributed by atoms with E-state index >= 15 is 8.78 Å². The molecule has 334 valence electrons. The Morgan fingerprint density at radius 2 is 1.71 bits per heavy atom. The van der Waals surface area contributed by atoms with Crippen LogP contribution in [0.1, 0.15) is 106 Å². The Morgan fingerprint density at radius 1 is 0.968 bits per heavy atom. The van der Waals surface area contributed by atoms with Gasteiger partial charge < -0.3 is 24.8 Å². The minimum atomic E-state index is -2.68. The van der Waals surface area contributed by atoms with E-state index in [1.54, 1.807) is 29.3 Å². The quantitative estimate of drug-likeness (QED) is 0.161. The third-order valence-corrected chi connectivity index (χ3v) is 14.2. The number of nitrogens with zero attached hydrogens (tertiary/aromatic N) is 5. The van der Waals surface area contributed by atoms with Gasteiger partial charge in [0.1, 0.15) is 17.4 Å². The van der Waals surface area contributed by atoms with E-state index in [-0.39, 0.29) is 32.3 Å². The van der Waals surface area contributed by atoms with Crippen molar-refractivity contribution in [3.05, 3.63) is 106 Å². The number of piperidine rings is 1. The molecule has 13 heteroatoms. The molecule has 4 atom stereocenters. The summed E-state index contributed by atoms with van der Waals surface area (Å²) >= 11 is 0. The lowest BCUT2D eigenvalue weighted by Crippen LogP contribution is -2.56. The molecule has 1 N–H and O–H groups in total. The first-order valence-corrected chi connectivity index (χ1v) is 22.2. The number of hydrogen-bond donors (Lipinski definition) is 1. The van der Waals surface area contributed by atoms with Crippen molar-refractivity contribution in [2.24, 2.45) is 5.92 Å². The van der Waals surface area contributed by atoms with Crippen molar-refractivity contribution in [3.63, 3.8) is 0 Å². The molecule has 0 bridgehead atoms. The number of fused-ring (bicyclic) bond motifs is 6. The third kappa shape index (κ3) is 8.30. The fraction of sp³-hybridized carbons (Fsp3) is 0.490.